The quantitative estimate of drug-likeness (QED) is 0.477. The van der Waals surface area contributed by atoms with Gasteiger partial charge < -0.3 is 9.47 Å². The lowest BCUT2D eigenvalue weighted by molar-refractivity contribution is -0.143. The predicted octanol–water partition coefficient (Wildman–Crippen LogP) is 4.04. The number of allylic oxidation sites excluding steroid dienone is 1. The summed E-state index contributed by atoms with van der Waals surface area (Å²) in [4.78, 5) is 32.8. The summed E-state index contributed by atoms with van der Waals surface area (Å²) >= 11 is 2.89. The number of thiazole rings is 1. The number of ether oxygens (including phenoxy) is 2. The number of nitrogens with zero attached hydrogens (tertiary/aromatic N) is 2. The van der Waals surface area contributed by atoms with Crippen molar-refractivity contribution < 1.29 is 14.3 Å². The van der Waals surface area contributed by atoms with E-state index in [-0.39, 0.29) is 11.7 Å². The van der Waals surface area contributed by atoms with Gasteiger partial charge in [0.15, 0.2) is 4.80 Å². The van der Waals surface area contributed by atoms with Gasteiger partial charge in [0.2, 0.25) is 0 Å². The second-order valence-corrected chi connectivity index (χ2v) is 9.96. The van der Waals surface area contributed by atoms with Gasteiger partial charge in [0.25, 0.3) is 5.56 Å². The van der Waals surface area contributed by atoms with Crippen LogP contribution in [-0.2, 0) is 9.53 Å². The summed E-state index contributed by atoms with van der Waals surface area (Å²) in [7, 11) is 0. The zero-order valence-corrected chi connectivity index (χ0v) is 20.7. The van der Waals surface area contributed by atoms with Crippen molar-refractivity contribution in [1.29, 1.82) is 0 Å². The third-order valence-electron chi connectivity index (χ3n) is 5.07. The number of hydrogen-bond donors (Lipinski definition) is 0. The second-order valence-electron chi connectivity index (χ2n) is 7.97. The first-order chi connectivity index (χ1) is 15.9. The number of fused-ring (bicyclic) bond motifs is 1. The molecule has 0 amide bonds. The molecular formula is C25H26N2O4S2. The summed E-state index contributed by atoms with van der Waals surface area (Å²) in [5.74, 6) is 0.285. The number of rotatable bonds is 7. The average molecular weight is 483 g/mol. The molecule has 6 nitrogen and oxygen atoms in total. The van der Waals surface area contributed by atoms with Crippen LogP contribution >= 0.6 is 22.7 Å². The summed E-state index contributed by atoms with van der Waals surface area (Å²) < 4.78 is 13.4. The van der Waals surface area contributed by atoms with Crippen molar-refractivity contribution in [2.75, 3.05) is 6.61 Å². The highest BCUT2D eigenvalue weighted by atomic mass is 32.1. The Bertz CT molecular complexity index is 1350. The molecule has 33 heavy (non-hydrogen) atoms. The molecule has 0 fully saturated rings. The van der Waals surface area contributed by atoms with Crippen LogP contribution in [0, 0.1) is 0 Å². The van der Waals surface area contributed by atoms with Crippen LogP contribution < -0.4 is 19.6 Å². The Kier molecular flexibility index (Phi) is 6.95. The molecule has 1 aliphatic rings. The SMILES string of the molecule is CCCOc1ccc(C2C(C(=O)OC(C)C)=C(C)N=c3sc(=Cc4cccs4)c(=O)n32)cc1. The summed E-state index contributed by atoms with van der Waals surface area (Å²) in [5, 5.41) is 1.97. The third-order valence-corrected chi connectivity index (χ3v) is 6.87. The highest BCUT2D eigenvalue weighted by molar-refractivity contribution is 7.11. The van der Waals surface area contributed by atoms with Crippen molar-refractivity contribution in [3.8, 4) is 5.75 Å². The Morgan fingerprint density at radius 1 is 1.24 bits per heavy atom. The van der Waals surface area contributed by atoms with Crippen molar-refractivity contribution >= 4 is 34.7 Å². The van der Waals surface area contributed by atoms with Crippen LogP contribution in [0.3, 0.4) is 0 Å². The first-order valence-corrected chi connectivity index (χ1v) is 12.6. The van der Waals surface area contributed by atoms with Gasteiger partial charge in [-0.25, -0.2) is 9.79 Å². The topological polar surface area (TPSA) is 69.9 Å². The third kappa shape index (κ3) is 4.86. The zero-order valence-electron chi connectivity index (χ0n) is 19.0. The molecule has 0 N–H and O–H groups in total. The first-order valence-electron chi connectivity index (χ1n) is 10.9. The molecule has 1 aromatic carbocycles. The molecule has 2 aromatic heterocycles. The van der Waals surface area contributed by atoms with Crippen LogP contribution in [-0.4, -0.2) is 23.2 Å². The maximum absolute atomic E-state index is 13.5. The Morgan fingerprint density at radius 2 is 2.00 bits per heavy atom. The lowest BCUT2D eigenvalue weighted by Gasteiger charge is -2.25. The fraction of sp³-hybridized carbons (Fsp3) is 0.320. The average Bonchev–Trinajstić information content (AvgIpc) is 3.39. The molecule has 8 heteroatoms. The Balaban J connectivity index is 1.87. The van der Waals surface area contributed by atoms with E-state index < -0.39 is 12.0 Å². The monoisotopic (exact) mass is 482 g/mol. The largest absolute Gasteiger partial charge is 0.494 e. The number of benzene rings is 1. The van der Waals surface area contributed by atoms with Crippen LogP contribution in [0.15, 0.2) is 62.8 Å². The highest BCUT2D eigenvalue weighted by Gasteiger charge is 2.33. The smallest absolute Gasteiger partial charge is 0.338 e. The summed E-state index contributed by atoms with van der Waals surface area (Å²) in [6.07, 6.45) is 2.50. The van der Waals surface area contributed by atoms with Crippen molar-refractivity contribution in [2.24, 2.45) is 4.99 Å². The molecule has 4 rings (SSSR count). The second kappa shape index (κ2) is 9.89. The molecule has 3 heterocycles. The number of thiophene rings is 1. The van der Waals surface area contributed by atoms with E-state index in [0.717, 1.165) is 22.6 Å². The molecule has 0 spiro atoms. The van der Waals surface area contributed by atoms with E-state index in [4.69, 9.17) is 9.47 Å². The molecule has 1 unspecified atom stereocenters. The van der Waals surface area contributed by atoms with Crippen molar-refractivity contribution in [2.45, 2.75) is 46.3 Å². The first kappa shape index (κ1) is 23.2. The zero-order chi connectivity index (χ0) is 23.5. The van der Waals surface area contributed by atoms with Crippen LogP contribution in [0.2, 0.25) is 0 Å². The van der Waals surface area contributed by atoms with Gasteiger partial charge in [-0.1, -0.05) is 36.5 Å². The van der Waals surface area contributed by atoms with Crippen molar-refractivity contribution in [1.82, 2.24) is 4.57 Å². The molecule has 1 atom stereocenters. The Morgan fingerprint density at radius 3 is 2.64 bits per heavy atom. The number of aromatic nitrogens is 1. The fourth-order valence-electron chi connectivity index (χ4n) is 3.64. The highest BCUT2D eigenvalue weighted by Crippen LogP contribution is 2.32. The minimum Gasteiger partial charge on any atom is -0.494 e. The van der Waals surface area contributed by atoms with Gasteiger partial charge in [-0.15, -0.1) is 11.3 Å². The van der Waals surface area contributed by atoms with E-state index in [2.05, 4.69) is 11.9 Å². The lowest BCUT2D eigenvalue weighted by Crippen LogP contribution is -2.40. The van der Waals surface area contributed by atoms with E-state index in [0.29, 0.717) is 27.2 Å². The molecule has 0 saturated heterocycles. The van der Waals surface area contributed by atoms with Gasteiger partial charge in [-0.2, -0.15) is 0 Å². The molecule has 0 saturated carbocycles. The minimum atomic E-state index is -0.627. The van der Waals surface area contributed by atoms with Gasteiger partial charge in [-0.05, 0) is 62.4 Å². The van der Waals surface area contributed by atoms with E-state index >= 15 is 0 Å². The van der Waals surface area contributed by atoms with E-state index in [1.165, 1.54) is 11.3 Å². The maximum atomic E-state index is 13.5. The van der Waals surface area contributed by atoms with Gasteiger partial charge in [0.05, 0.1) is 34.6 Å². The minimum absolute atomic E-state index is 0.175. The summed E-state index contributed by atoms with van der Waals surface area (Å²) in [6.45, 7) is 8.08. The predicted molar refractivity (Wildman–Crippen MR) is 132 cm³/mol. The summed E-state index contributed by atoms with van der Waals surface area (Å²) in [6, 6.07) is 10.8. The van der Waals surface area contributed by atoms with Crippen LogP contribution in [0.5, 0.6) is 5.75 Å². The van der Waals surface area contributed by atoms with Crippen molar-refractivity contribution in [3.63, 3.8) is 0 Å². The molecule has 1 aliphatic heterocycles. The number of esters is 1. The molecule has 172 valence electrons. The Hall–Kier alpha value is -2.97. The van der Waals surface area contributed by atoms with E-state index in [1.54, 1.807) is 36.7 Å². The summed E-state index contributed by atoms with van der Waals surface area (Å²) in [5.41, 5.74) is 1.56. The number of carbonyl (C=O) groups excluding carboxylic acids is 1. The standard InChI is InChI=1S/C25H26N2O4S2/c1-5-12-30-18-10-8-17(9-11-18)22-21(24(29)31-15(2)3)16(4)26-25-27(22)23(28)20(33-25)14-19-7-6-13-32-19/h6-11,13-15,22H,5,12H2,1-4H3. The molecule has 0 aliphatic carbocycles. The van der Waals surface area contributed by atoms with Crippen LogP contribution in [0.1, 0.15) is 50.6 Å². The normalized spacial score (nSPS) is 16.0. The maximum Gasteiger partial charge on any atom is 0.338 e. The molecule has 3 aromatic rings. The van der Waals surface area contributed by atoms with E-state index in [1.807, 2.05) is 47.9 Å². The molecule has 0 bridgehead atoms. The lowest BCUT2D eigenvalue weighted by atomic mass is 9.96. The fourth-order valence-corrected chi connectivity index (χ4v) is 5.41. The van der Waals surface area contributed by atoms with Crippen LogP contribution in [0.4, 0.5) is 0 Å². The van der Waals surface area contributed by atoms with Gasteiger partial charge in [-0.3, -0.25) is 9.36 Å². The number of carbonyl (C=O) groups is 1. The van der Waals surface area contributed by atoms with E-state index in [9.17, 15) is 9.59 Å². The molecule has 0 radical (unpaired) electrons. The van der Waals surface area contributed by atoms with Crippen LogP contribution in [0.25, 0.3) is 6.08 Å². The van der Waals surface area contributed by atoms with Gasteiger partial charge in [0.1, 0.15) is 5.75 Å². The molecular weight excluding hydrogens is 456 g/mol. The van der Waals surface area contributed by atoms with Gasteiger partial charge >= 0.3 is 5.97 Å². The Labute approximate surface area is 200 Å². The van der Waals surface area contributed by atoms with Crippen molar-refractivity contribution in [3.05, 3.63) is 83.2 Å². The van der Waals surface area contributed by atoms with Gasteiger partial charge in [0, 0.05) is 4.88 Å². The number of hydrogen-bond acceptors (Lipinski definition) is 7.